The maximum absolute atomic E-state index is 12.3. The lowest BCUT2D eigenvalue weighted by Crippen LogP contribution is -2.42. The van der Waals surface area contributed by atoms with Crippen molar-refractivity contribution in [3.05, 3.63) is 34.9 Å². The van der Waals surface area contributed by atoms with Gasteiger partial charge in [0.1, 0.15) is 0 Å². The minimum Gasteiger partial charge on any atom is -0.341 e. The van der Waals surface area contributed by atoms with E-state index in [1.165, 1.54) is 28.9 Å². The molecule has 0 aliphatic heterocycles. The van der Waals surface area contributed by atoms with Gasteiger partial charge in [-0.15, -0.1) is 0 Å². The Kier molecular flexibility index (Phi) is 6.83. The number of nitrogens with zero attached hydrogens (tertiary/aromatic N) is 1. The highest BCUT2D eigenvalue weighted by atomic mass is 16.2. The summed E-state index contributed by atoms with van der Waals surface area (Å²) in [6.45, 7) is 4.73. The van der Waals surface area contributed by atoms with Crippen LogP contribution in [0, 0.1) is 0 Å². The summed E-state index contributed by atoms with van der Waals surface area (Å²) in [5.41, 5.74) is 3.94. The van der Waals surface area contributed by atoms with Crippen LogP contribution in [0.3, 0.4) is 0 Å². The maximum atomic E-state index is 12.3. The number of aryl methyl sites for hydroxylation is 2. The highest BCUT2D eigenvalue weighted by Crippen LogP contribution is 2.26. The smallest absolute Gasteiger partial charge is 0.311 e. The van der Waals surface area contributed by atoms with Gasteiger partial charge in [-0.3, -0.25) is 9.59 Å². The molecule has 0 radical (unpaired) electrons. The van der Waals surface area contributed by atoms with E-state index >= 15 is 0 Å². The second-order valence-corrected chi connectivity index (χ2v) is 6.75. The van der Waals surface area contributed by atoms with E-state index in [2.05, 4.69) is 30.4 Å². The summed E-state index contributed by atoms with van der Waals surface area (Å²) >= 11 is 0. The average molecular weight is 330 g/mol. The Bertz CT molecular complexity index is 583. The fraction of sp³-hybridized carbons (Fsp3) is 0.600. The molecule has 1 N–H and O–H groups in total. The van der Waals surface area contributed by atoms with Crippen LogP contribution in [0.1, 0.15) is 68.7 Å². The molecule has 132 valence electrons. The van der Waals surface area contributed by atoms with Gasteiger partial charge in [0, 0.05) is 13.6 Å². The highest BCUT2D eigenvalue weighted by molar-refractivity contribution is 6.35. The molecule has 0 heterocycles. The van der Waals surface area contributed by atoms with Gasteiger partial charge in [0.15, 0.2) is 0 Å². The van der Waals surface area contributed by atoms with E-state index < -0.39 is 11.8 Å². The van der Waals surface area contributed by atoms with Crippen molar-refractivity contribution < 1.29 is 9.59 Å². The Morgan fingerprint density at radius 2 is 1.88 bits per heavy atom. The lowest BCUT2D eigenvalue weighted by atomic mass is 9.89. The zero-order valence-corrected chi connectivity index (χ0v) is 15.2. The van der Waals surface area contributed by atoms with Gasteiger partial charge in [-0.25, -0.2) is 0 Å². The Morgan fingerprint density at radius 3 is 2.54 bits per heavy atom. The van der Waals surface area contributed by atoms with E-state index in [9.17, 15) is 9.59 Å². The lowest BCUT2D eigenvalue weighted by molar-refractivity contribution is -0.145. The van der Waals surface area contributed by atoms with Gasteiger partial charge in [-0.05, 0) is 55.2 Å². The molecule has 1 aromatic carbocycles. The van der Waals surface area contributed by atoms with Gasteiger partial charge >= 0.3 is 11.8 Å². The fourth-order valence-corrected chi connectivity index (χ4v) is 3.28. The Morgan fingerprint density at radius 1 is 1.17 bits per heavy atom. The predicted octanol–water partition coefficient (Wildman–Crippen LogP) is 3.39. The number of rotatable bonds is 6. The number of hydrogen-bond donors (Lipinski definition) is 1. The van der Waals surface area contributed by atoms with E-state index in [0.29, 0.717) is 6.54 Å². The van der Waals surface area contributed by atoms with Crippen LogP contribution in [-0.2, 0) is 22.4 Å². The number of fused-ring (bicyclic) bond motifs is 1. The van der Waals surface area contributed by atoms with Crippen LogP contribution in [0.5, 0.6) is 0 Å². The maximum Gasteiger partial charge on any atom is 0.311 e. The summed E-state index contributed by atoms with van der Waals surface area (Å²) in [5, 5.41) is 2.92. The SMILES string of the molecule is CCCCN(C)C(=O)C(=O)NC(CC)c1ccc2c(c1)CCCC2. The Labute approximate surface area is 145 Å². The number of carbonyl (C=O) groups excluding carboxylic acids is 2. The average Bonchev–Trinajstić information content (AvgIpc) is 2.62. The van der Waals surface area contributed by atoms with Gasteiger partial charge in [0.05, 0.1) is 6.04 Å². The first kappa shape index (κ1) is 18.5. The van der Waals surface area contributed by atoms with E-state index in [1.54, 1.807) is 7.05 Å². The first-order valence-electron chi connectivity index (χ1n) is 9.24. The van der Waals surface area contributed by atoms with E-state index in [1.807, 2.05) is 6.92 Å². The summed E-state index contributed by atoms with van der Waals surface area (Å²) in [7, 11) is 1.69. The zero-order chi connectivity index (χ0) is 17.5. The van der Waals surface area contributed by atoms with Crippen LogP contribution in [0.4, 0.5) is 0 Å². The van der Waals surface area contributed by atoms with Crippen molar-refractivity contribution in [1.82, 2.24) is 10.2 Å². The van der Waals surface area contributed by atoms with Crippen molar-refractivity contribution >= 4 is 11.8 Å². The van der Waals surface area contributed by atoms with Crippen LogP contribution in [0.15, 0.2) is 18.2 Å². The second-order valence-electron chi connectivity index (χ2n) is 6.75. The number of likely N-dealkylation sites (N-methyl/N-ethyl adjacent to an activating group) is 1. The summed E-state index contributed by atoms with van der Waals surface area (Å²) in [5.74, 6) is -0.946. The number of hydrogen-bond acceptors (Lipinski definition) is 2. The second kappa shape index (κ2) is 8.86. The first-order valence-corrected chi connectivity index (χ1v) is 9.24. The molecular weight excluding hydrogens is 300 g/mol. The standard InChI is InChI=1S/C20H30N2O2/c1-4-6-13-22(3)20(24)19(23)21-18(5-2)17-12-11-15-9-7-8-10-16(15)14-17/h11-12,14,18H,4-10,13H2,1-3H3,(H,21,23). The van der Waals surface area contributed by atoms with Crippen LogP contribution in [0.2, 0.25) is 0 Å². The summed E-state index contributed by atoms with van der Waals surface area (Å²) in [6.07, 6.45) is 7.46. The van der Waals surface area contributed by atoms with Crippen molar-refractivity contribution in [3.8, 4) is 0 Å². The normalized spacial score (nSPS) is 14.6. The molecule has 0 aromatic heterocycles. The fourth-order valence-electron chi connectivity index (χ4n) is 3.28. The van der Waals surface area contributed by atoms with E-state index in [0.717, 1.165) is 37.7 Å². The van der Waals surface area contributed by atoms with Crippen molar-refractivity contribution in [2.75, 3.05) is 13.6 Å². The third kappa shape index (κ3) is 4.59. The van der Waals surface area contributed by atoms with Gasteiger partial charge in [-0.2, -0.15) is 0 Å². The molecule has 4 heteroatoms. The molecule has 0 saturated heterocycles. The molecule has 0 saturated carbocycles. The zero-order valence-electron chi connectivity index (χ0n) is 15.2. The molecular formula is C20H30N2O2. The number of carbonyl (C=O) groups is 2. The van der Waals surface area contributed by atoms with Crippen molar-refractivity contribution in [1.29, 1.82) is 0 Å². The highest BCUT2D eigenvalue weighted by Gasteiger charge is 2.22. The summed E-state index contributed by atoms with van der Waals surface area (Å²) < 4.78 is 0. The number of nitrogens with one attached hydrogen (secondary N) is 1. The molecule has 0 bridgehead atoms. The van der Waals surface area contributed by atoms with Crippen LogP contribution >= 0.6 is 0 Å². The third-order valence-electron chi connectivity index (χ3n) is 4.88. The molecule has 2 rings (SSSR count). The molecule has 1 atom stereocenters. The molecule has 24 heavy (non-hydrogen) atoms. The van der Waals surface area contributed by atoms with Gasteiger partial charge in [0.25, 0.3) is 0 Å². The topological polar surface area (TPSA) is 49.4 Å². The van der Waals surface area contributed by atoms with Gasteiger partial charge in [0.2, 0.25) is 0 Å². The number of unbranched alkanes of at least 4 members (excludes halogenated alkanes) is 1. The van der Waals surface area contributed by atoms with Gasteiger partial charge < -0.3 is 10.2 Å². The number of amides is 2. The molecule has 0 spiro atoms. The Hall–Kier alpha value is -1.84. The predicted molar refractivity (Wildman–Crippen MR) is 96.8 cm³/mol. The lowest BCUT2D eigenvalue weighted by Gasteiger charge is -2.23. The third-order valence-corrected chi connectivity index (χ3v) is 4.88. The molecule has 0 fully saturated rings. The summed E-state index contributed by atoms with van der Waals surface area (Å²) in [4.78, 5) is 26.0. The monoisotopic (exact) mass is 330 g/mol. The van der Waals surface area contributed by atoms with Crippen molar-refractivity contribution in [3.63, 3.8) is 0 Å². The largest absolute Gasteiger partial charge is 0.341 e. The number of benzene rings is 1. The molecule has 1 aromatic rings. The molecule has 4 nitrogen and oxygen atoms in total. The summed E-state index contributed by atoms with van der Waals surface area (Å²) in [6, 6.07) is 6.40. The quantitative estimate of drug-likeness (QED) is 0.813. The van der Waals surface area contributed by atoms with Crippen LogP contribution < -0.4 is 5.32 Å². The van der Waals surface area contributed by atoms with E-state index in [4.69, 9.17) is 0 Å². The minimum absolute atomic E-state index is 0.103. The van der Waals surface area contributed by atoms with Crippen LogP contribution in [-0.4, -0.2) is 30.3 Å². The minimum atomic E-state index is -0.502. The van der Waals surface area contributed by atoms with Gasteiger partial charge in [-0.1, -0.05) is 38.5 Å². The molecule has 1 unspecified atom stereocenters. The van der Waals surface area contributed by atoms with Crippen molar-refractivity contribution in [2.45, 2.75) is 64.8 Å². The van der Waals surface area contributed by atoms with Crippen LogP contribution in [0.25, 0.3) is 0 Å². The van der Waals surface area contributed by atoms with Crippen molar-refractivity contribution in [2.24, 2.45) is 0 Å². The molecule has 2 amide bonds. The Balaban J connectivity index is 2.03. The molecule has 1 aliphatic carbocycles. The molecule has 1 aliphatic rings. The van der Waals surface area contributed by atoms with E-state index in [-0.39, 0.29) is 6.04 Å². The first-order chi connectivity index (χ1) is 11.6.